The van der Waals surface area contributed by atoms with Crippen LogP contribution in [0.1, 0.15) is 35.1 Å². The summed E-state index contributed by atoms with van der Waals surface area (Å²) >= 11 is 0. The molecule has 0 saturated carbocycles. The number of halogens is 2. The number of amides is 1. The van der Waals surface area contributed by atoms with E-state index in [1.807, 2.05) is 13.0 Å². The molecule has 1 amide bonds. The topological polar surface area (TPSA) is 102 Å². The Morgan fingerprint density at radius 3 is 2.62 bits per heavy atom. The molecule has 37 heavy (non-hydrogen) atoms. The number of carbonyl (C=O) groups is 2. The van der Waals surface area contributed by atoms with Crippen LogP contribution in [0.3, 0.4) is 0 Å². The fourth-order valence-corrected chi connectivity index (χ4v) is 4.54. The first kappa shape index (κ1) is 24.6. The number of benzene rings is 1. The summed E-state index contributed by atoms with van der Waals surface area (Å²) in [7, 11) is 0. The number of Topliss-reactive ketones (excluding diaryl/α,β-unsaturated/α-hetero) is 1. The number of imidazole rings is 1. The van der Waals surface area contributed by atoms with Gasteiger partial charge in [-0.1, -0.05) is 6.92 Å². The van der Waals surface area contributed by atoms with Gasteiger partial charge in [-0.25, -0.2) is 23.2 Å². The number of hydrogen-bond acceptors (Lipinski definition) is 5. The van der Waals surface area contributed by atoms with Crippen molar-refractivity contribution in [1.82, 2.24) is 24.1 Å². The maximum absolute atomic E-state index is 15.5. The van der Waals surface area contributed by atoms with Gasteiger partial charge < -0.3 is 19.1 Å². The molecule has 1 fully saturated rings. The molecular weight excluding hydrogens is 484 g/mol. The number of ketones is 1. The van der Waals surface area contributed by atoms with Gasteiger partial charge in [0.1, 0.15) is 23.0 Å². The molecule has 1 saturated heterocycles. The molecule has 0 spiro atoms. The minimum atomic E-state index is -1.04. The Bertz CT molecular complexity index is 1490. The molecule has 0 bridgehead atoms. The molecule has 1 aliphatic heterocycles. The van der Waals surface area contributed by atoms with Crippen molar-refractivity contribution in [2.45, 2.75) is 32.8 Å². The maximum Gasteiger partial charge on any atom is 0.407 e. The van der Waals surface area contributed by atoms with Gasteiger partial charge in [-0.05, 0) is 30.7 Å². The highest BCUT2D eigenvalue weighted by molar-refractivity contribution is 5.93. The summed E-state index contributed by atoms with van der Waals surface area (Å²) in [6.07, 6.45) is 2.17. The van der Waals surface area contributed by atoms with Crippen LogP contribution >= 0.6 is 0 Å². The van der Waals surface area contributed by atoms with Crippen molar-refractivity contribution < 1.29 is 28.2 Å². The zero-order chi connectivity index (χ0) is 26.3. The molecule has 11 heteroatoms. The first-order valence-electron chi connectivity index (χ1n) is 11.9. The number of carbonyl (C=O) groups excluding carboxylic acids is 1. The van der Waals surface area contributed by atoms with Gasteiger partial charge in [0.15, 0.2) is 5.78 Å². The number of nitrogens with zero attached hydrogens (tertiary/aromatic N) is 5. The number of morpholine rings is 1. The van der Waals surface area contributed by atoms with Crippen LogP contribution < -0.4 is 0 Å². The van der Waals surface area contributed by atoms with Crippen molar-refractivity contribution in [3.63, 3.8) is 0 Å². The smallest absolute Gasteiger partial charge is 0.407 e. The molecule has 1 aromatic carbocycles. The highest BCUT2D eigenvalue weighted by Crippen LogP contribution is 2.32. The van der Waals surface area contributed by atoms with Crippen LogP contribution in [0, 0.1) is 18.6 Å². The van der Waals surface area contributed by atoms with E-state index in [1.54, 1.807) is 23.6 Å². The fraction of sp³-hybridized carbons (Fsp3) is 0.308. The standard InChI is InChI=1S/C26H25F2N5O4/c1-3-22(34)20-5-7-33(30-20)16-11-18(27)24(19(28)12-16)25-21(32-6-4-15(2)10-23(32)29-25)13-17-14-31(26(35)36)8-9-37-17/h4-7,10-12,17H,3,8-9,13-14H2,1-2H3,(H,35,36)/t17-/m0/s1. The molecule has 4 aromatic rings. The van der Waals surface area contributed by atoms with E-state index in [1.165, 1.54) is 21.8 Å². The number of carboxylic acid groups (broad SMARTS) is 1. The Kier molecular flexibility index (Phi) is 6.46. The molecule has 3 aromatic heterocycles. The molecule has 192 valence electrons. The lowest BCUT2D eigenvalue weighted by Gasteiger charge is -2.31. The van der Waals surface area contributed by atoms with E-state index in [0.29, 0.717) is 11.3 Å². The van der Waals surface area contributed by atoms with Crippen molar-refractivity contribution in [2.75, 3.05) is 19.7 Å². The average Bonchev–Trinajstić information content (AvgIpc) is 3.49. The van der Waals surface area contributed by atoms with Crippen molar-refractivity contribution in [3.8, 4) is 16.9 Å². The monoisotopic (exact) mass is 509 g/mol. The SMILES string of the molecule is CCC(=O)c1ccn(-c2cc(F)c(-c3nc4cc(C)ccn4c3C[C@H]3CN(C(=O)O)CCO3)c(F)c2)n1. The Balaban J connectivity index is 1.57. The highest BCUT2D eigenvalue weighted by Gasteiger charge is 2.28. The molecule has 1 atom stereocenters. The van der Waals surface area contributed by atoms with E-state index in [9.17, 15) is 14.7 Å². The van der Waals surface area contributed by atoms with Gasteiger partial charge in [-0.15, -0.1) is 0 Å². The van der Waals surface area contributed by atoms with Gasteiger partial charge in [0.25, 0.3) is 0 Å². The van der Waals surface area contributed by atoms with Crippen LogP contribution in [0.2, 0.25) is 0 Å². The normalized spacial score (nSPS) is 15.9. The van der Waals surface area contributed by atoms with Crippen LogP contribution in [-0.2, 0) is 11.2 Å². The Morgan fingerprint density at radius 1 is 1.16 bits per heavy atom. The number of aromatic nitrogens is 4. The van der Waals surface area contributed by atoms with Gasteiger partial charge in [-0.2, -0.15) is 5.10 Å². The van der Waals surface area contributed by atoms with E-state index >= 15 is 8.78 Å². The Hall–Kier alpha value is -4.12. The third-order valence-corrected chi connectivity index (χ3v) is 6.43. The summed E-state index contributed by atoms with van der Waals surface area (Å²) in [6, 6.07) is 7.46. The van der Waals surface area contributed by atoms with Crippen LogP contribution in [0.15, 0.2) is 42.7 Å². The second-order valence-corrected chi connectivity index (χ2v) is 8.97. The second-order valence-electron chi connectivity index (χ2n) is 8.97. The van der Waals surface area contributed by atoms with E-state index in [4.69, 9.17) is 4.74 Å². The van der Waals surface area contributed by atoms with E-state index in [-0.39, 0.29) is 61.0 Å². The van der Waals surface area contributed by atoms with Gasteiger partial charge in [0, 0.05) is 43.9 Å². The Morgan fingerprint density at radius 2 is 1.92 bits per heavy atom. The molecule has 0 aliphatic carbocycles. The zero-order valence-electron chi connectivity index (χ0n) is 20.3. The fourth-order valence-electron chi connectivity index (χ4n) is 4.54. The molecule has 1 aliphatic rings. The van der Waals surface area contributed by atoms with Gasteiger partial charge in [0.05, 0.1) is 41.9 Å². The van der Waals surface area contributed by atoms with E-state index in [2.05, 4.69) is 10.1 Å². The lowest BCUT2D eigenvalue weighted by atomic mass is 10.0. The summed E-state index contributed by atoms with van der Waals surface area (Å²) in [5, 5.41) is 13.5. The van der Waals surface area contributed by atoms with E-state index in [0.717, 1.165) is 17.7 Å². The van der Waals surface area contributed by atoms with Crippen LogP contribution in [0.5, 0.6) is 0 Å². The number of ether oxygens (including phenoxy) is 1. The maximum atomic E-state index is 15.5. The third kappa shape index (κ3) is 4.69. The first-order chi connectivity index (χ1) is 17.7. The number of hydrogen-bond donors (Lipinski definition) is 1. The summed E-state index contributed by atoms with van der Waals surface area (Å²) in [6.45, 7) is 4.22. The van der Waals surface area contributed by atoms with Crippen LogP contribution in [-0.4, -0.2) is 66.8 Å². The first-order valence-corrected chi connectivity index (χ1v) is 11.9. The zero-order valence-corrected chi connectivity index (χ0v) is 20.3. The minimum absolute atomic E-state index is 0.116. The summed E-state index contributed by atoms with van der Waals surface area (Å²) in [5.41, 5.74) is 2.10. The number of aryl methyl sites for hydroxylation is 1. The summed E-state index contributed by atoms with van der Waals surface area (Å²) in [4.78, 5) is 29.2. The predicted molar refractivity (Wildman–Crippen MR) is 130 cm³/mol. The molecule has 0 radical (unpaired) electrons. The number of fused-ring (bicyclic) bond motifs is 1. The predicted octanol–water partition coefficient (Wildman–Crippen LogP) is 4.29. The lowest BCUT2D eigenvalue weighted by molar-refractivity contribution is -0.0214. The largest absolute Gasteiger partial charge is 0.465 e. The van der Waals surface area contributed by atoms with Crippen molar-refractivity contribution in [2.24, 2.45) is 0 Å². The molecule has 5 rings (SSSR count). The molecule has 9 nitrogen and oxygen atoms in total. The van der Waals surface area contributed by atoms with Crippen LogP contribution in [0.25, 0.3) is 22.6 Å². The average molecular weight is 510 g/mol. The van der Waals surface area contributed by atoms with Crippen molar-refractivity contribution >= 4 is 17.5 Å². The second kappa shape index (κ2) is 9.74. The lowest BCUT2D eigenvalue weighted by Crippen LogP contribution is -2.45. The third-order valence-electron chi connectivity index (χ3n) is 6.43. The van der Waals surface area contributed by atoms with Crippen molar-refractivity contribution in [1.29, 1.82) is 0 Å². The van der Waals surface area contributed by atoms with Gasteiger partial charge in [-0.3, -0.25) is 4.79 Å². The van der Waals surface area contributed by atoms with E-state index < -0.39 is 23.8 Å². The van der Waals surface area contributed by atoms with Gasteiger partial charge in [0.2, 0.25) is 0 Å². The Labute approximate surface area is 210 Å². The molecule has 0 unspecified atom stereocenters. The quantitative estimate of drug-likeness (QED) is 0.389. The van der Waals surface area contributed by atoms with Crippen LogP contribution in [0.4, 0.5) is 13.6 Å². The minimum Gasteiger partial charge on any atom is -0.465 e. The summed E-state index contributed by atoms with van der Waals surface area (Å²) in [5.74, 6) is -1.86. The van der Waals surface area contributed by atoms with Gasteiger partial charge >= 0.3 is 6.09 Å². The molecule has 1 N–H and O–H groups in total. The van der Waals surface area contributed by atoms with Crippen molar-refractivity contribution in [3.05, 3.63) is 71.3 Å². The molecule has 4 heterocycles. The number of pyridine rings is 1. The highest BCUT2D eigenvalue weighted by atomic mass is 19.1. The number of rotatable bonds is 6. The molecular formula is C26H25F2N5O4. The summed E-state index contributed by atoms with van der Waals surface area (Å²) < 4.78 is 39.9.